The summed E-state index contributed by atoms with van der Waals surface area (Å²) in [5, 5.41) is 2.91. The molecule has 0 aliphatic heterocycles. The molecule has 2 rings (SSSR count). The van der Waals surface area contributed by atoms with Crippen LogP contribution in [0.5, 0.6) is 0 Å². The zero-order valence-electron chi connectivity index (χ0n) is 17.1. The van der Waals surface area contributed by atoms with Crippen molar-refractivity contribution in [2.45, 2.75) is 71.1 Å². The molecule has 0 saturated heterocycles. The number of hydrogen-bond donors (Lipinski definition) is 1. The third kappa shape index (κ3) is 6.08. The van der Waals surface area contributed by atoms with Crippen LogP contribution in [0.25, 0.3) is 0 Å². The van der Waals surface area contributed by atoms with E-state index in [1.54, 1.807) is 13.8 Å². The van der Waals surface area contributed by atoms with Crippen molar-refractivity contribution in [3.8, 4) is 0 Å². The zero-order valence-corrected chi connectivity index (χ0v) is 17.1. The van der Waals surface area contributed by atoms with E-state index >= 15 is 0 Å². The second kappa shape index (κ2) is 10.8. The minimum absolute atomic E-state index is 0.0883. The minimum atomic E-state index is -0.757. The zero-order chi connectivity index (χ0) is 20.5. The molecule has 1 unspecified atom stereocenters. The average Bonchev–Trinajstić information content (AvgIpc) is 2.66. The van der Waals surface area contributed by atoms with Crippen LogP contribution >= 0.6 is 0 Å². The molecule has 0 radical (unpaired) electrons. The first-order valence-corrected chi connectivity index (χ1v) is 10.2. The number of esters is 2. The molecule has 1 aliphatic rings. The molecule has 1 amide bonds. The summed E-state index contributed by atoms with van der Waals surface area (Å²) < 4.78 is 10.2. The van der Waals surface area contributed by atoms with Crippen LogP contribution in [0.2, 0.25) is 0 Å². The van der Waals surface area contributed by atoms with Crippen molar-refractivity contribution in [1.29, 1.82) is 0 Å². The average molecular weight is 389 g/mol. The van der Waals surface area contributed by atoms with E-state index in [9.17, 15) is 14.4 Å². The van der Waals surface area contributed by atoms with Gasteiger partial charge in [0.25, 0.3) is 0 Å². The quantitative estimate of drug-likeness (QED) is 0.671. The van der Waals surface area contributed by atoms with Gasteiger partial charge in [0.2, 0.25) is 5.91 Å². The number of benzene rings is 1. The third-order valence-electron chi connectivity index (χ3n) is 5.08. The van der Waals surface area contributed by atoms with E-state index in [0.29, 0.717) is 11.5 Å². The molecule has 1 atom stereocenters. The summed E-state index contributed by atoms with van der Waals surface area (Å²) in [4.78, 5) is 36.3. The molecule has 1 aromatic rings. The lowest BCUT2D eigenvalue weighted by Crippen LogP contribution is -2.21. The molecule has 1 N–H and O–H groups in total. The predicted octanol–water partition coefficient (Wildman–Crippen LogP) is 4.29. The molecular weight excluding hydrogens is 358 g/mol. The first-order chi connectivity index (χ1) is 13.5. The summed E-state index contributed by atoms with van der Waals surface area (Å²) >= 11 is 0. The number of ether oxygens (including phenoxy) is 2. The van der Waals surface area contributed by atoms with Crippen molar-refractivity contribution in [2.75, 3.05) is 18.5 Å². The largest absolute Gasteiger partial charge is 0.466 e. The number of anilines is 1. The minimum Gasteiger partial charge on any atom is -0.466 e. The number of rotatable bonds is 8. The van der Waals surface area contributed by atoms with Crippen LogP contribution in [0, 0.1) is 0 Å². The molecule has 1 saturated carbocycles. The second-order valence-electron chi connectivity index (χ2n) is 7.18. The van der Waals surface area contributed by atoms with Crippen molar-refractivity contribution in [3.63, 3.8) is 0 Å². The normalized spacial score (nSPS) is 15.5. The van der Waals surface area contributed by atoms with Crippen molar-refractivity contribution in [2.24, 2.45) is 0 Å². The van der Waals surface area contributed by atoms with Gasteiger partial charge in [-0.1, -0.05) is 31.4 Å². The van der Waals surface area contributed by atoms with Crippen LogP contribution in [-0.4, -0.2) is 31.1 Å². The summed E-state index contributed by atoms with van der Waals surface area (Å²) in [6.07, 6.45) is 5.70. The van der Waals surface area contributed by atoms with Gasteiger partial charge in [0.05, 0.1) is 25.6 Å². The molecule has 1 fully saturated rings. The maximum atomic E-state index is 12.5. The third-order valence-corrected chi connectivity index (χ3v) is 5.08. The van der Waals surface area contributed by atoms with Crippen molar-refractivity contribution >= 4 is 23.5 Å². The van der Waals surface area contributed by atoms with E-state index in [2.05, 4.69) is 5.32 Å². The Kier molecular flexibility index (Phi) is 8.48. The number of hydrogen-bond acceptors (Lipinski definition) is 5. The van der Waals surface area contributed by atoms with E-state index in [0.717, 1.165) is 24.1 Å². The molecule has 1 aromatic carbocycles. The smallest absolute Gasteiger partial charge is 0.313 e. The fourth-order valence-corrected chi connectivity index (χ4v) is 3.82. The lowest BCUT2D eigenvalue weighted by atomic mass is 9.82. The highest BCUT2D eigenvalue weighted by atomic mass is 16.5. The Morgan fingerprint density at radius 1 is 1.07 bits per heavy atom. The Balaban J connectivity index is 2.37. The molecule has 154 valence electrons. The summed E-state index contributed by atoms with van der Waals surface area (Å²) in [5.74, 6) is -1.43. The van der Waals surface area contributed by atoms with Gasteiger partial charge in [-0.05, 0) is 49.8 Å². The number of amides is 1. The monoisotopic (exact) mass is 389 g/mol. The van der Waals surface area contributed by atoms with Crippen LogP contribution in [0.1, 0.15) is 82.3 Å². The highest BCUT2D eigenvalue weighted by Crippen LogP contribution is 2.38. The van der Waals surface area contributed by atoms with Gasteiger partial charge in [-0.2, -0.15) is 0 Å². The van der Waals surface area contributed by atoms with Crippen LogP contribution in [0.4, 0.5) is 5.69 Å². The standard InChI is InChI=1S/C22H31NO5/c1-4-27-21(25)14-19(22(26)28-5-2)17-11-12-18(16-9-7-6-8-10-16)20(13-17)23-15(3)24/h11-13,16,19H,4-10,14H2,1-3H3,(H,23,24). The second-order valence-corrected chi connectivity index (χ2v) is 7.18. The molecule has 0 spiro atoms. The van der Waals surface area contributed by atoms with Crippen molar-refractivity contribution in [1.82, 2.24) is 0 Å². The van der Waals surface area contributed by atoms with E-state index < -0.39 is 17.9 Å². The number of nitrogens with one attached hydrogen (secondary N) is 1. The maximum Gasteiger partial charge on any atom is 0.313 e. The number of carbonyl (C=O) groups is 3. The molecule has 0 aromatic heterocycles. The lowest BCUT2D eigenvalue weighted by Gasteiger charge is -2.25. The Hall–Kier alpha value is -2.37. The summed E-state index contributed by atoms with van der Waals surface area (Å²) in [6.45, 7) is 5.42. The van der Waals surface area contributed by atoms with Crippen LogP contribution in [0.15, 0.2) is 18.2 Å². The SMILES string of the molecule is CCOC(=O)CC(C(=O)OCC)c1ccc(C2CCCCC2)c(NC(C)=O)c1. The molecule has 0 bridgehead atoms. The Bertz CT molecular complexity index is 694. The van der Waals surface area contributed by atoms with Gasteiger partial charge in [-0.15, -0.1) is 0 Å². The van der Waals surface area contributed by atoms with Crippen LogP contribution in [0.3, 0.4) is 0 Å². The molecular formula is C22H31NO5. The van der Waals surface area contributed by atoms with Crippen molar-refractivity contribution in [3.05, 3.63) is 29.3 Å². The topological polar surface area (TPSA) is 81.7 Å². The fourth-order valence-electron chi connectivity index (χ4n) is 3.82. The molecule has 28 heavy (non-hydrogen) atoms. The Morgan fingerprint density at radius 3 is 2.36 bits per heavy atom. The Labute approximate surface area is 167 Å². The highest BCUT2D eigenvalue weighted by molar-refractivity contribution is 5.90. The van der Waals surface area contributed by atoms with Gasteiger partial charge < -0.3 is 14.8 Å². The van der Waals surface area contributed by atoms with Gasteiger partial charge in [-0.25, -0.2) is 0 Å². The van der Waals surface area contributed by atoms with E-state index in [4.69, 9.17) is 9.47 Å². The molecule has 6 nitrogen and oxygen atoms in total. The lowest BCUT2D eigenvalue weighted by molar-refractivity contribution is -0.151. The van der Waals surface area contributed by atoms with Gasteiger partial charge >= 0.3 is 11.9 Å². The molecule has 6 heteroatoms. The first-order valence-electron chi connectivity index (χ1n) is 10.2. The van der Waals surface area contributed by atoms with Crippen molar-refractivity contribution < 1.29 is 23.9 Å². The van der Waals surface area contributed by atoms with Gasteiger partial charge in [0.15, 0.2) is 0 Å². The predicted molar refractivity (Wildman–Crippen MR) is 107 cm³/mol. The van der Waals surface area contributed by atoms with E-state index in [1.807, 2.05) is 18.2 Å². The number of carbonyl (C=O) groups excluding carboxylic acids is 3. The highest BCUT2D eigenvalue weighted by Gasteiger charge is 2.28. The van der Waals surface area contributed by atoms with Crippen LogP contribution in [-0.2, 0) is 23.9 Å². The molecule has 1 aliphatic carbocycles. The van der Waals surface area contributed by atoms with Gasteiger partial charge in [-0.3, -0.25) is 14.4 Å². The van der Waals surface area contributed by atoms with Crippen LogP contribution < -0.4 is 5.32 Å². The molecule has 0 heterocycles. The van der Waals surface area contributed by atoms with E-state index in [1.165, 1.54) is 26.2 Å². The van der Waals surface area contributed by atoms with E-state index in [-0.39, 0.29) is 25.5 Å². The Morgan fingerprint density at radius 2 is 1.75 bits per heavy atom. The summed E-state index contributed by atoms with van der Waals surface area (Å²) in [5.41, 5.74) is 2.46. The first kappa shape index (κ1) is 21.9. The maximum absolute atomic E-state index is 12.5. The van der Waals surface area contributed by atoms with Gasteiger partial charge in [0, 0.05) is 12.6 Å². The summed E-state index contributed by atoms with van der Waals surface area (Å²) in [6, 6.07) is 5.66. The fraction of sp³-hybridized carbons (Fsp3) is 0.591. The summed E-state index contributed by atoms with van der Waals surface area (Å²) in [7, 11) is 0. The van der Waals surface area contributed by atoms with Gasteiger partial charge in [0.1, 0.15) is 0 Å².